The van der Waals surface area contributed by atoms with E-state index in [0.717, 1.165) is 0 Å². The molecule has 0 saturated carbocycles. The Labute approximate surface area is 196 Å². The van der Waals surface area contributed by atoms with Crippen molar-refractivity contribution in [3.63, 3.8) is 0 Å². The summed E-state index contributed by atoms with van der Waals surface area (Å²) in [5.74, 6) is -1.36. The molecule has 3 rings (SSSR count). The molecule has 1 heterocycles. The summed E-state index contributed by atoms with van der Waals surface area (Å²) in [6.45, 7) is 1.46. The van der Waals surface area contributed by atoms with E-state index in [4.69, 9.17) is 16.7 Å². The molecule has 176 valence electrons. The lowest BCUT2D eigenvalue weighted by atomic mass is 9.93. The van der Waals surface area contributed by atoms with Crippen LogP contribution in [0.1, 0.15) is 42.5 Å². The lowest BCUT2D eigenvalue weighted by Gasteiger charge is -2.33. The summed E-state index contributed by atoms with van der Waals surface area (Å²) in [5.41, 5.74) is 1.21. The van der Waals surface area contributed by atoms with Crippen LogP contribution in [0.4, 0.5) is 20.6 Å². The molecule has 1 aliphatic heterocycles. The first-order valence-corrected chi connectivity index (χ1v) is 11.3. The van der Waals surface area contributed by atoms with Gasteiger partial charge in [0.2, 0.25) is 0 Å². The van der Waals surface area contributed by atoms with Gasteiger partial charge in [-0.05, 0) is 55.5 Å². The molecule has 0 spiro atoms. The number of nitrogens with zero attached hydrogens (tertiary/aromatic N) is 1. The number of anilines is 2. The van der Waals surface area contributed by atoms with Gasteiger partial charge in [0.15, 0.2) is 5.78 Å². The molecule has 0 aromatic heterocycles. The SMILES string of the molecule is O=C(O)CC1CCN(c2ccc(C(=O)CCCNC(=O)Nc3ccccc3Cl)cc2F)CC1. The number of aliphatic carboxylic acids is 1. The van der Waals surface area contributed by atoms with Crippen molar-refractivity contribution < 1.29 is 23.9 Å². The van der Waals surface area contributed by atoms with Gasteiger partial charge in [-0.3, -0.25) is 9.59 Å². The summed E-state index contributed by atoms with van der Waals surface area (Å²) in [5, 5.41) is 14.6. The van der Waals surface area contributed by atoms with Crippen LogP contribution in [-0.4, -0.2) is 42.5 Å². The number of carbonyl (C=O) groups is 3. The first-order valence-electron chi connectivity index (χ1n) is 10.9. The van der Waals surface area contributed by atoms with Crippen LogP contribution >= 0.6 is 11.6 Å². The molecule has 0 unspecified atom stereocenters. The van der Waals surface area contributed by atoms with Crippen LogP contribution < -0.4 is 15.5 Å². The number of benzene rings is 2. The van der Waals surface area contributed by atoms with Crippen LogP contribution in [0.5, 0.6) is 0 Å². The molecular formula is C24H27ClFN3O4. The summed E-state index contributed by atoms with van der Waals surface area (Å²) >= 11 is 5.99. The number of halogens is 2. The van der Waals surface area contributed by atoms with Crippen molar-refractivity contribution in [3.05, 3.63) is 58.9 Å². The minimum Gasteiger partial charge on any atom is -0.481 e. The number of ketones is 1. The molecule has 33 heavy (non-hydrogen) atoms. The Hall–Kier alpha value is -3.13. The predicted molar refractivity (Wildman–Crippen MR) is 126 cm³/mol. The first kappa shape index (κ1) is 24.5. The number of hydrogen-bond acceptors (Lipinski definition) is 4. The predicted octanol–water partition coefficient (Wildman–Crippen LogP) is 4.95. The fraction of sp³-hybridized carbons (Fsp3) is 0.375. The Balaban J connectivity index is 1.43. The van der Waals surface area contributed by atoms with Gasteiger partial charge in [-0.2, -0.15) is 0 Å². The fourth-order valence-corrected chi connectivity index (χ4v) is 4.07. The number of amides is 2. The molecule has 9 heteroatoms. The van der Waals surface area contributed by atoms with E-state index in [1.807, 2.05) is 4.90 Å². The van der Waals surface area contributed by atoms with Gasteiger partial charge in [0.05, 0.1) is 16.4 Å². The number of hydrogen-bond donors (Lipinski definition) is 3. The van der Waals surface area contributed by atoms with Crippen molar-refractivity contribution in [2.24, 2.45) is 5.92 Å². The second-order valence-corrected chi connectivity index (χ2v) is 8.49. The van der Waals surface area contributed by atoms with Crippen molar-refractivity contribution in [2.45, 2.75) is 32.1 Å². The average molecular weight is 476 g/mol. The summed E-state index contributed by atoms with van der Waals surface area (Å²) in [6, 6.07) is 10.9. The highest BCUT2D eigenvalue weighted by Crippen LogP contribution is 2.28. The van der Waals surface area contributed by atoms with E-state index in [1.54, 1.807) is 36.4 Å². The zero-order valence-corrected chi connectivity index (χ0v) is 18.9. The topological polar surface area (TPSA) is 98.7 Å². The lowest BCUT2D eigenvalue weighted by molar-refractivity contribution is -0.138. The quantitative estimate of drug-likeness (QED) is 0.352. The first-order chi connectivity index (χ1) is 15.8. The van der Waals surface area contributed by atoms with E-state index in [0.29, 0.717) is 48.7 Å². The highest BCUT2D eigenvalue weighted by atomic mass is 35.5. The maximum Gasteiger partial charge on any atom is 0.319 e. The molecule has 1 fully saturated rings. The van der Waals surface area contributed by atoms with Gasteiger partial charge in [-0.25, -0.2) is 9.18 Å². The van der Waals surface area contributed by atoms with Crippen LogP contribution in [0, 0.1) is 11.7 Å². The zero-order chi connectivity index (χ0) is 23.8. The molecule has 2 aromatic rings. The van der Waals surface area contributed by atoms with E-state index in [2.05, 4.69) is 10.6 Å². The third-order valence-corrected chi connectivity index (χ3v) is 6.01. The van der Waals surface area contributed by atoms with Gasteiger partial charge >= 0.3 is 12.0 Å². The summed E-state index contributed by atoms with van der Waals surface area (Å²) in [6.07, 6.45) is 2.12. The second-order valence-electron chi connectivity index (χ2n) is 8.08. The van der Waals surface area contributed by atoms with Crippen molar-refractivity contribution in [2.75, 3.05) is 29.9 Å². The number of nitrogens with one attached hydrogen (secondary N) is 2. The molecular weight excluding hydrogens is 449 g/mol. The Morgan fingerprint density at radius 3 is 2.52 bits per heavy atom. The molecule has 7 nitrogen and oxygen atoms in total. The average Bonchev–Trinajstić information content (AvgIpc) is 2.78. The summed E-state index contributed by atoms with van der Waals surface area (Å²) in [7, 11) is 0. The smallest absolute Gasteiger partial charge is 0.319 e. The van der Waals surface area contributed by atoms with E-state index in [1.165, 1.54) is 6.07 Å². The van der Waals surface area contributed by atoms with Gasteiger partial charge in [0.1, 0.15) is 5.82 Å². The molecule has 0 atom stereocenters. The zero-order valence-electron chi connectivity index (χ0n) is 18.2. The third-order valence-electron chi connectivity index (χ3n) is 5.68. The Morgan fingerprint density at radius 2 is 1.85 bits per heavy atom. The number of urea groups is 1. The highest BCUT2D eigenvalue weighted by molar-refractivity contribution is 6.33. The van der Waals surface area contributed by atoms with Crippen molar-refractivity contribution in [1.29, 1.82) is 0 Å². The summed E-state index contributed by atoms with van der Waals surface area (Å²) < 4.78 is 14.7. The number of Topliss-reactive ketones (excluding diaryl/α,β-unsaturated/α-hetero) is 1. The molecule has 0 bridgehead atoms. The van der Waals surface area contributed by atoms with Crippen LogP contribution in [0.15, 0.2) is 42.5 Å². The standard InChI is InChI=1S/C24H27ClFN3O4/c25-18-4-1-2-5-20(18)28-24(33)27-11-3-6-22(30)17-7-8-21(19(26)15-17)29-12-9-16(10-13-29)14-23(31)32/h1-2,4-5,7-8,15-16H,3,6,9-14H2,(H,31,32)(H2,27,28,33). The van der Waals surface area contributed by atoms with Gasteiger partial charge in [0, 0.05) is 38.0 Å². The molecule has 2 aromatic carbocycles. The van der Waals surface area contributed by atoms with E-state index < -0.39 is 17.8 Å². The monoisotopic (exact) mass is 475 g/mol. The van der Waals surface area contributed by atoms with E-state index in [-0.39, 0.29) is 36.7 Å². The van der Waals surface area contributed by atoms with E-state index >= 15 is 0 Å². The number of piperidine rings is 1. The maximum atomic E-state index is 14.7. The Kier molecular flexibility index (Phi) is 8.65. The van der Waals surface area contributed by atoms with Gasteiger partial charge in [-0.15, -0.1) is 0 Å². The van der Waals surface area contributed by atoms with Gasteiger partial charge < -0.3 is 20.6 Å². The number of para-hydroxylation sites is 1. The van der Waals surface area contributed by atoms with Crippen molar-refractivity contribution in [3.8, 4) is 0 Å². The largest absolute Gasteiger partial charge is 0.481 e. The van der Waals surface area contributed by atoms with E-state index in [9.17, 15) is 18.8 Å². The Bertz CT molecular complexity index is 1010. The Morgan fingerprint density at radius 1 is 1.12 bits per heavy atom. The molecule has 0 radical (unpaired) electrons. The lowest BCUT2D eigenvalue weighted by Crippen LogP contribution is -2.34. The van der Waals surface area contributed by atoms with Crippen molar-refractivity contribution in [1.82, 2.24) is 5.32 Å². The molecule has 1 saturated heterocycles. The number of carboxylic acids is 1. The van der Waals surface area contributed by atoms with Crippen LogP contribution in [0.25, 0.3) is 0 Å². The van der Waals surface area contributed by atoms with Crippen LogP contribution in [-0.2, 0) is 4.79 Å². The second kappa shape index (κ2) is 11.7. The third kappa shape index (κ3) is 7.18. The normalized spacial score (nSPS) is 14.1. The van der Waals surface area contributed by atoms with Crippen LogP contribution in [0.3, 0.4) is 0 Å². The minimum atomic E-state index is -0.807. The minimum absolute atomic E-state index is 0.114. The van der Waals surface area contributed by atoms with Crippen molar-refractivity contribution >= 4 is 40.8 Å². The van der Waals surface area contributed by atoms with Crippen LogP contribution in [0.2, 0.25) is 5.02 Å². The summed E-state index contributed by atoms with van der Waals surface area (Å²) in [4.78, 5) is 37.1. The number of carboxylic acid groups (broad SMARTS) is 1. The number of rotatable bonds is 9. The fourth-order valence-electron chi connectivity index (χ4n) is 3.89. The number of carbonyl (C=O) groups excluding carboxylic acids is 2. The molecule has 3 N–H and O–H groups in total. The van der Waals surface area contributed by atoms with Gasteiger partial charge in [0.25, 0.3) is 0 Å². The maximum absolute atomic E-state index is 14.7. The molecule has 0 aliphatic carbocycles. The molecule has 2 amide bonds. The molecule has 1 aliphatic rings. The van der Waals surface area contributed by atoms with Gasteiger partial charge in [-0.1, -0.05) is 23.7 Å². The highest BCUT2D eigenvalue weighted by Gasteiger charge is 2.23.